The molecule has 3 rings (SSSR count). The van der Waals surface area contributed by atoms with E-state index in [4.69, 9.17) is 0 Å². The molecule has 1 N–H and O–H groups in total. The van der Waals surface area contributed by atoms with Gasteiger partial charge < -0.3 is 10.2 Å². The Kier molecular flexibility index (Phi) is 3.95. The fourth-order valence-electron chi connectivity index (χ4n) is 3.44. The van der Waals surface area contributed by atoms with Crippen LogP contribution in [0.3, 0.4) is 0 Å². The first-order valence-corrected chi connectivity index (χ1v) is 7.80. The number of carbonyl (C=O) groups excluding carboxylic acids is 2. The van der Waals surface area contributed by atoms with Crippen LogP contribution in [0.1, 0.15) is 37.7 Å². The Morgan fingerprint density at radius 3 is 2.76 bits per heavy atom. The van der Waals surface area contributed by atoms with Crippen LogP contribution >= 0.6 is 0 Å². The fraction of sp³-hybridized carbons (Fsp3) is 0.529. The zero-order valence-electron chi connectivity index (χ0n) is 12.5. The molecule has 112 valence electrons. The quantitative estimate of drug-likeness (QED) is 0.929. The first kappa shape index (κ1) is 14.1. The van der Waals surface area contributed by atoms with Gasteiger partial charge >= 0.3 is 0 Å². The number of anilines is 1. The van der Waals surface area contributed by atoms with E-state index in [1.807, 2.05) is 36.1 Å². The molecule has 0 radical (unpaired) electrons. The highest BCUT2D eigenvalue weighted by molar-refractivity contribution is 5.97. The predicted octanol–water partition coefficient (Wildman–Crippen LogP) is 2.72. The van der Waals surface area contributed by atoms with Gasteiger partial charge in [0.05, 0.1) is 5.92 Å². The molecule has 0 spiro atoms. The Bertz CT molecular complexity index is 549. The van der Waals surface area contributed by atoms with Crippen molar-refractivity contribution >= 4 is 17.5 Å². The van der Waals surface area contributed by atoms with E-state index in [1.165, 1.54) is 12.8 Å². The lowest BCUT2D eigenvalue weighted by Crippen LogP contribution is -2.35. The Morgan fingerprint density at radius 2 is 2.05 bits per heavy atom. The maximum atomic E-state index is 12.3. The van der Waals surface area contributed by atoms with Crippen LogP contribution < -0.4 is 5.32 Å². The topological polar surface area (TPSA) is 49.4 Å². The summed E-state index contributed by atoms with van der Waals surface area (Å²) in [5, 5.41) is 2.94. The standard InChI is InChI=1S/C17H22N2O2/c1-12-5-4-6-14(9-12)18-17(21)13-10-16(20)19(11-13)15-7-2-3-8-15/h4-6,9,13,15H,2-3,7-8,10-11H2,1H3,(H,18,21)/t13-/m1/s1. The zero-order valence-corrected chi connectivity index (χ0v) is 12.5. The van der Waals surface area contributed by atoms with Crippen LogP contribution in [0.25, 0.3) is 0 Å². The number of hydrogen-bond donors (Lipinski definition) is 1. The van der Waals surface area contributed by atoms with Crippen molar-refractivity contribution in [3.05, 3.63) is 29.8 Å². The molecule has 1 heterocycles. The van der Waals surface area contributed by atoms with E-state index in [-0.39, 0.29) is 17.7 Å². The van der Waals surface area contributed by atoms with E-state index in [0.717, 1.165) is 24.1 Å². The van der Waals surface area contributed by atoms with Crippen molar-refractivity contribution < 1.29 is 9.59 Å². The third-order valence-electron chi connectivity index (χ3n) is 4.58. The van der Waals surface area contributed by atoms with Gasteiger partial charge in [-0.15, -0.1) is 0 Å². The van der Waals surface area contributed by atoms with Gasteiger partial charge in [0.1, 0.15) is 0 Å². The van der Waals surface area contributed by atoms with Crippen molar-refractivity contribution in [3.63, 3.8) is 0 Å². The molecule has 2 fully saturated rings. The first-order chi connectivity index (χ1) is 10.1. The highest BCUT2D eigenvalue weighted by Crippen LogP contribution is 2.30. The second kappa shape index (κ2) is 5.88. The largest absolute Gasteiger partial charge is 0.339 e. The van der Waals surface area contributed by atoms with E-state index in [1.54, 1.807) is 0 Å². The summed E-state index contributed by atoms with van der Waals surface area (Å²) in [5.74, 6) is -0.0978. The number of rotatable bonds is 3. The summed E-state index contributed by atoms with van der Waals surface area (Å²) in [4.78, 5) is 26.4. The van der Waals surface area contributed by atoms with Gasteiger partial charge in [-0.3, -0.25) is 9.59 Å². The number of amides is 2. The fourth-order valence-corrected chi connectivity index (χ4v) is 3.44. The molecule has 1 atom stereocenters. The van der Waals surface area contributed by atoms with E-state index in [2.05, 4.69) is 5.32 Å². The van der Waals surface area contributed by atoms with Crippen LogP contribution in [0.15, 0.2) is 24.3 Å². The van der Waals surface area contributed by atoms with Gasteiger partial charge in [0.15, 0.2) is 0 Å². The average molecular weight is 286 g/mol. The van der Waals surface area contributed by atoms with E-state index < -0.39 is 0 Å². The molecule has 0 aromatic heterocycles. The summed E-state index contributed by atoms with van der Waals surface area (Å²) in [5.41, 5.74) is 1.93. The second-order valence-electron chi connectivity index (χ2n) is 6.24. The third-order valence-corrected chi connectivity index (χ3v) is 4.58. The number of carbonyl (C=O) groups is 2. The molecular formula is C17H22N2O2. The average Bonchev–Trinajstić information content (AvgIpc) is 3.07. The normalized spacial score (nSPS) is 22.8. The second-order valence-corrected chi connectivity index (χ2v) is 6.24. The molecule has 1 aromatic rings. The van der Waals surface area contributed by atoms with Gasteiger partial charge in [0.2, 0.25) is 11.8 Å². The Hall–Kier alpha value is -1.84. The summed E-state index contributed by atoms with van der Waals surface area (Å²) >= 11 is 0. The van der Waals surface area contributed by atoms with Crippen molar-refractivity contribution in [1.29, 1.82) is 0 Å². The Balaban J connectivity index is 1.62. The van der Waals surface area contributed by atoms with Crippen LogP contribution in [0.4, 0.5) is 5.69 Å². The van der Waals surface area contributed by atoms with Crippen LogP contribution in [0.2, 0.25) is 0 Å². The molecule has 1 aromatic carbocycles. The Labute approximate surface area is 125 Å². The molecule has 0 unspecified atom stereocenters. The molecular weight excluding hydrogens is 264 g/mol. The molecule has 0 bridgehead atoms. The van der Waals surface area contributed by atoms with Crippen molar-refractivity contribution in [2.24, 2.45) is 5.92 Å². The monoisotopic (exact) mass is 286 g/mol. The minimum Gasteiger partial charge on any atom is -0.339 e. The minimum absolute atomic E-state index is 0.0329. The number of nitrogens with zero attached hydrogens (tertiary/aromatic N) is 1. The highest BCUT2D eigenvalue weighted by atomic mass is 16.2. The summed E-state index contributed by atoms with van der Waals surface area (Å²) in [6.45, 7) is 2.58. The molecule has 1 aliphatic heterocycles. The SMILES string of the molecule is Cc1cccc(NC(=O)[C@@H]2CC(=O)N(C3CCCC3)C2)c1. The molecule has 1 saturated heterocycles. The van der Waals surface area contributed by atoms with Crippen LogP contribution in [-0.4, -0.2) is 29.3 Å². The van der Waals surface area contributed by atoms with Gasteiger partial charge in [-0.1, -0.05) is 25.0 Å². The van der Waals surface area contributed by atoms with E-state index in [0.29, 0.717) is 19.0 Å². The third kappa shape index (κ3) is 3.09. The van der Waals surface area contributed by atoms with Gasteiger partial charge in [-0.05, 0) is 37.5 Å². The van der Waals surface area contributed by atoms with Crippen LogP contribution in [-0.2, 0) is 9.59 Å². The van der Waals surface area contributed by atoms with Gasteiger partial charge in [0.25, 0.3) is 0 Å². The zero-order chi connectivity index (χ0) is 14.8. The molecule has 4 nitrogen and oxygen atoms in total. The van der Waals surface area contributed by atoms with Crippen LogP contribution in [0.5, 0.6) is 0 Å². The van der Waals surface area contributed by atoms with Gasteiger partial charge in [-0.2, -0.15) is 0 Å². The summed E-state index contributed by atoms with van der Waals surface area (Å²) in [7, 11) is 0. The summed E-state index contributed by atoms with van der Waals surface area (Å²) < 4.78 is 0. The maximum Gasteiger partial charge on any atom is 0.229 e. The predicted molar refractivity (Wildman–Crippen MR) is 81.9 cm³/mol. The lowest BCUT2D eigenvalue weighted by Gasteiger charge is -2.23. The summed E-state index contributed by atoms with van der Waals surface area (Å²) in [6, 6.07) is 8.13. The van der Waals surface area contributed by atoms with Crippen molar-refractivity contribution in [3.8, 4) is 0 Å². The molecule has 2 aliphatic rings. The maximum absolute atomic E-state index is 12.3. The molecule has 4 heteroatoms. The summed E-state index contributed by atoms with van der Waals surface area (Å²) in [6.07, 6.45) is 4.95. The number of likely N-dealkylation sites (tertiary alicyclic amines) is 1. The van der Waals surface area contributed by atoms with E-state index in [9.17, 15) is 9.59 Å². The van der Waals surface area contributed by atoms with Crippen molar-refractivity contribution in [2.45, 2.75) is 45.1 Å². The lowest BCUT2D eigenvalue weighted by molar-refractivity contribution is -0.129. The lowest BCUT2D eigenvalue weighted by atomic mass is 10.1. The van der Waals surface area contributed by atoms with Gasteiger partial charge in [-0.25, -0.2) is 0 Å². The highest BCUT2D eigenvalue weighted by Gasteiger charge is 2.38. The molecule has 21 heavy (non-hydrogen) atoms. The minimum atomic E-state index is -0.210. The van der Waals surface area contributed by atoms with Crippen molar-refractivity contribution in [2.75, 3.05) is 11.9 Å². The number of aryl methyl sites for hydroxylation is 1. The number of nitrogens with one attached hydrogen (secondary N) is 1. The van der Waals surface area contributed by atoms with Crippen LogP contribution in [0, 0.1) is 12.8 Å². The molecule has 2 amide bonds. The first-order valence-electron chi connectivity index (χ1n) is 7.80. The molecule has 1 saturated carbocycles. The smallest absolute Gasteiger partial charge is 0.229 e. The van der Waals surface area contributed by atoms with Gasteiger partial charge in [0, 0.05) is 24.7 Å². The number of benzene rings is 1. The van der Waals surface area contributed by atoms with E-state index >= 15 is 0 Å². The Morgan fingerprint density at radius 1 is 1.29 bits per heavy atom. The molecule has 1 aliphatic carbocycles. The number of hydrogen-bond acceptors (Lipinski definition) is 2. The van der Waals surface area contributed by atoms with Crippen molar-refractivity contribution in [1.82, 2.24) is 4.90 Å².